The summed E-state index contributed by atoms with van der Waals surface area (Å²) < 4.78 is 0. The third-order valence-corrected chi connectivity index (χ3v) is 3.92. The molecule has 2 fully saturated rings. The summed E-state index contributed by atoms with van der Waals surface area (Å²) in [6.45, 7) is 4.76. The highest BCUT2D eigenvalue weighted by Crippen LogP contribution is 2.50. The van der Waals surface area contributed by atoms with Crippen LogP contribution in [0.2, 0.25) is 0 Å². The predicted molar refractivity (Wildman–Crippen MR) is 53.6 cm³/mol. The molecule has 76 valence electrons. The van der Waals surface area contributed by atoms with Gasteiger partial charge in [0.05, 0.1) is 6.61 Å². The number of aliphatic hydroxyl groups is 1. The zero-order valence-corrected chi connectivity index (χ0v) is 8.63. The minimum atomic E-state index is 0.332. The molecule has 2 nitrogen and oxygen atoms in total. The molecule has 1 aliphatic heterocycles. The Bertz CT molecular complexity index is 177. The van der Waals surface area contributed by atoms with E-state index in [2.05, 4.69) is 11.8 Å². The zero-order chi connectivity index (χ0) is 9.31. The smallest absolute Gasteiger partial charge is 0.0558 e. The van der Waals surface area contributed by atoms with Gasteiger partial charge in [-0.3, -0.25) is 4.90 Å². The van der Waals surface area contributed by atoms with Crippen LogP contribution in [0.1, 0.15) is 39.0 Å². The van der Waals surface area contributed by atoms with Gasteiger partial charge in [0.15, 0.2) is 0 Å². The van der Waals surface area contributed by atoms with Crippen molar-refractivity contribution in [3.8, 4) is 0 Å². The van der Waals surface area contributed by atoms with E-state index < -0.39 is 0 Å². The first-order valence-electron chi connectivity index (χ1n) is 5.66. The largest absolute Gasteiger partial charge is 0.395 e. The molecule has 0 unspecified atom stereocenters. The molecule has 0 aromatic heterocycles. The van der Waals surface area contributed by atoms with Gasteiger partial charge in [0.1, 0.15) is 0 Å². The molecule has 2 heteroatoms. The lowest BCUT2D eigenvalue weighted by Crippen LogP contribution is -2.45. The molecule has 1 N–H and O–H groups in total. The number of nitrogens with zero attached hydrogens (tertiary/aromatic N) is 1. The second-order valence-electron chi connectivity index (χ2n) is 4.70. The molecule has 0 radical (unpaired) electrons. The van der Waals surface area contributed by atoms with Crippen LogP contribution < -0.4 is 0 Å². The highest BCUT2D eigenvalue weighted by Gasteiger charge is 2.50. The van der Waals surface area contributed by atoms with Gasteiger partial charge in [-0.05, 0) is 38.1 Å². The first-order chi connectivity index (χ1) is 6.30. The second kappa shape index (κ2) is 3.58. The molecule has 0 aromatic rings. The van der Waals surface area contributed by atoms with Crippen LogP contribution in [0, 0.1) is 5.92 Å². The summed E-state index contributed by atoms with van der Waals surface area (Å²) in [4.78, 5) is 2.53. The number of rotatable bonds is 3. The van der Waals surface area contributed by atoms with Gasteiger partial charge in [-0.25, -0.2) is 0 Å². The molecule has 1 heterocycles. The van der Waals surface area contributed by atoms with Crippen molar-refractivity contribution in [3.05, 3.63) is 0 Å². The van der Waals surface area contributed by atoms with Gasteiger partial charge in [0.2, 0.25) is 0 Å². The van der Waals surface area contributed by atoms with Crippen molar-refractivity contribution < 1.29 is 5.11 Å². The Labute approximate surface area is 80.9 Å². The molecule has 0 bridgehead atoms. The standard InChI is InChI=1S/C11H21NO/c1-2-10-3-6-12(7-8-13)11(9-10)4-5-11/h10,13H,2-9H2,1H3/t10-/m1/s1. The Kier molecular flexibility index (Phi) is 2.61. The summed E-state index contributed by atoms with van der Waals surface area (Å²) in [6.07, 6.45) is 6.84. The molecular formula is C11H21NO. The van der Waals surface area contributed by atoms with Crippen molar-refractivity contribution in [3.63, 3.8) is 0 Å². The molecular weight excluding hydrogens is 162 g/mol. The number of β-amino-alcohol motifs (C(OH)–C–C–N with tert-alkyl or cyclic N) is 1. The fourth-order valence-corrected chi connectivity index (χ4v) is 2.83. The quantitative estimate of drug-likeness (QED) is 0.719. The minimum absolute atomic E-state index is 0.332. The second-order valence-corrected chi connectivity index (χ2v) is 4.70. The van der Waals surface area contributed by atoms with Gasteiger partial charge in [0.25, 0.3) is 0 Å². The van der Waals surface area contributed by atoms with Crippen LogP contribution in [-0.4, -0.2) is 35.2 Å². The number of hydrogen-bond acceptors (Lipinski definition) is 2. The van der Waals surface area contributed by atoms with Crippen molar-refractivity contribution in [2.45, 2.75) is 44.6 Å². The molecule has 13 heavy (non-hydrogen) atoms. The average Bonchev–Trinajstić information content (AvgIpc) is 2.90. The third kappa shape index (κ3) is 1.75. The lowest BCUT2D eigenvalue weighted by molar-refractivity contribution is 0.0728. The van der Waals surface area contributed by atoms with E-state index in [0.717, 1.165) is 12.5 Å². The summed E-state index contributed by atoms with van der Waals surface area (Å²) in [7, 11) is 0. The van der Waals surface area contributed by atoms with Crippen LogP contribution in [0.3, 0.4) is 0 Å². The van der Waals surface area contributed by atoms with Crippen molar-refractivity contribution in [2.24, 2.45) is 5.92 Å². The van der Waals surface area contributed by atoms with Crippen LogP contribution in [0.25, 0.3) is 0 Å². The van der Waals surface area contributed by atoms with Gasteiger partial charge in [0, 0.05) is 12.1 Å². The Morgan fingerprint density at radius 2 is 2.23 bits per heavy atom. The monoisotopic (exact) mass is 183 g/mol. The fraction of sp³-hybridized carbons (Fsp3) is 1.00. The van der Waals surface area contributed by atoms with Gasteiger partial charge in [-0.15, -0.1) is 0 Å². The molecule has 1 saturated carbocycles. The van der Waals surface area contributed by atoms with E-state index in [1.54, 1.807) is 0 Å². The Balaban J connectivity index is 1.93. The molecule has 1 spiro atoms. The van der Waals surface area contributed by atoms with Crippen molar-refractivity contribution >= 4 is 0 Å². The highest BCUT2D eigenvalue weighted by molar-refractivity contribution is 5.06. The van der Waals surface area contributed by atoms with Crippen molar-refractivity contribution in [2.75, 3.05) is 19.7 Å². The molecule has 1 atom stereocenters. The Hall–Kier alpha value is -0.0800. The number of likely N-dealkylation sites (tertiary alicyclic amines) is 1. The molecule has 2 rings (SSSR count). The Morgan fingerprint density at radius 1 is 1.46 bits per heavy atom. The van der Waals surface area contributed by atoms with E-state index in [0.29, 0.717) is 12.1 Å². The third-order valence-electron chi connectivity index (χ3n) is 3.92. The predicted octanol–water partition coefficient (Wildman–Crippen LogP) is 1.63. The van der Waals surface area contributed by atoms with Gasteiger partial charge < -0.3 is 5.11 Å². The van der Waals surface area contributed by atoms with Gasteiger partial charge in [-0.2, -0.15) is 0 Å². The number of hydrogen-bond donors (Lipinski definition) is 1. The van der Waals surface area contributed by atoms with E-state index in [1.807, 2.05) is 0 Å². The maximum Gasteiger partial charge on any atom is 0.0558 e. The molecule has 1 aliphatic carbocycles. The summed E-state index contributed by atoms with van der Waals surface area (Å²) >= 11 is 0. The van der Waals surface area contributed by atoms with E-state index in [1.165, 1.54) is 38.6 Å². The molecule has 0 amide bonds. The Morgan fingerprint density at radius 3 is 2.77 bits per heavy atom. The normalized spacial score (nSPS) is 32.3. The SMILES string of the molecule is CC[C@@H]1CCN(CCO)C2(CC2)C1. The first-order valence-corrected chi connectivity index (χ1v) is 5.66. The average molecular weight is 183 g/mol. The zero-order valence-electron chi connectivity index (χ0n) is 8.63. The van der Waals surface area contributed by atoms with E-state index >= 15 is 0 Å². The topological polar surface area (TPSA) is 23.5 Å². The van der Waals surface area contributed by atoms with Crippen molar-refractivity contribution in [1.82, 2.24) is 4.90 Å². The van der Waals surface area contributed by atoms with Crippen LogP contribution in [-0.2, 0) is 0 Å². The van der Waals surface area contributed by atoms with Crippen LogP contribution in [0.15, 0.2) is 0 Å². The van der Waals surface area contributed by atoms with Crippen LogP contribution in [0.4, 0.5) is 0 Å². The van der Waals surface area contributed by atoms with E-state index in [-0.39, 0.29) is 0 Å². The first kappa shape index (κ1) is 9.47. The fourth-order valence-electron chi connectivity index (χ4n) is 2.83. The molecule has 1 saturated heterocycles. The maximum atomic E-state index is 8.96. The summed E-state index contributed by atoms with van der Waals surface area (Å²) in [5, 5.41) is 8.96. The molecule has 0 aromatic carbocycles. The van der Waals surface area contributed by atoms with E-state index in [9.17, 15) is 0 Å². The summed E-state index contributed by atoms with van der Waals surface area (Å²) in [5.41, 5.74) is 0.543. The van der Waals surface area contributed by atoms with Gasteiger partial charge >= 0.3 is 0 Å². The summed E-state index contributed by atoms with van der Waals surface area (Å²) in [5.74, 6) is 0.956. The number of aliphatic hydroxyl groups excluding tert-OH is 1. The summed E-state index contributed by atoms with van der Waals surface area (Å²) in [6, 6.07) is 0. The van der Waals surface area contributed by atoms with E-state index in [4.69, 9.17) is 5.11 Å². The van der Waals surface area contributed by atoms with Crippen LogP contribution >= 0.6 is 0 Å². The maximum absolute atomic E-state index is 8.96. The lowest BCUT2D eigenvalue weighted by Gasteiger charge is -2.39. The number of piperidine rings is 1. The lowest BCUT2D eigenvalue weighted by atomic mass is 9.87. The molecule has 2 aliphatic rings. The van der Waals surface area contributed by atoms with Gasteiger partial charge in [-0.1, -0.05) is 13.3 Å². The minimum Gasteiger partial charge on any atom is -0.395 e. The highest BCUT2D eigenvalue weighted by atomic mass is 16.3. The van der Waals surface area contributed by atoms with Crippen molar-refractivity contribution in [1.29, 1.82) is 0 Å². The van der Waals surface area contributed by atoms with Crippen LogP contribution in [0.5, 0.6) is 0 Å².